The first kappa shape index (κ1) is 17.2. The van der Waals surface area contributed by atoms with Crippen LogP contribution >= 0.6 is 0 Å². The van der Waals surface area contributed by atoms with Crippen LogP contribution in [-0.2, 0) is 12.8 Å². The molecule has 0 aromatic heterocycles. The third-order valence-electron chi connectivity index (χ3n) is 5.59. The molecule has 0 spiro atoms. The normalized spacial score (nSPS) is 16.5. The van der Waals surface area contributed by atoms with Gasteiger partial charge in [-0.25, -0.2) is 0 Å². The molecule has 2 aliphatic rings. The van der Waals surface area contributed by atoms with Gasteiger partial charge in [0.25, 0.3) is 0 Å². The van der Waals surface area contributed by atoms with Gasteiger partial charge in [0.1, 0.15) is 13.2 Å². The van der Waals surface area contributed by atoms with E-state index in [0.29, 0.717) is 18.6 Å². The highest BCUT2D eigenvalue weighted by Crippen LogP contribution is 2.42. The minimum atomic E-state index is 0.354. The zero-order chi connectivity index (χ0) is 19.1. The molecule has 3 aromatic carbocycles. The van der Waals surface area contributed by atoms with Crippen molar-refractivity contribution in [2.75, 3.05) is 18.5 Å². The van der Waals surface area contributed by atoms with Gasteiger partial charge in [0.2, 0.25) is 0 Å². The van der Waals surface area contributed by atoms with Gasteiger partial charge in [0.15, 0.2) is 11.5 Å². The van der Waals surface area contributed by atoms with E-state index in [1.54, 1.807) is 0 Å². The highest BCUT2D eigenvalue weighted by Gasteiger charge is 2.28. The van der Waals surface area contributed by atoms with Gasteiger partial charge in [0.05, 0.1) is 5.69 Å². The second-order valence-electron chi connectivity index (χ2n) is 8.53. The first-order chi connectivity index (χ1) is 13.6. The Kier molecular flexibility index (Phi) is 4.04. The van der Waals surface area contributed by atoms with E-state index in [2.05, 4.69) is 73.8 Å². The number of nitrogens with one attached hydrogen (secondary N) is 1. The second-order valence-corrected chi connectivity index (χ2v) is 8.53. The van der Waals surface area contributed by atoms with Crippen molar-refractivity contribution >= 4 is 11.4 Å². The zero-order valence-corrected chi connectivity index (χ0v) is 16.4. The SMILES string of the molecule is CC1(C)Cc2ccc(Nc3cc4c(cc3-c3ccccc3)OCCO4)cc2C1. The number of rotatable bonds is 3. The van der Waals surface area contributed by atoms with Crippen molar-refractivity contribution in [1.82, 2.24) is 0 Å². The van der Waals surface area contributed by atoms with E-state index in [1.807, 2.05) is 6.07 Å². The van der Waals surface area contributed by atoms with Gasteiger partial charge >= 0.3 is 0 Å². The average molecular weight is 371 g/mol. The Labute approximate surface area is 166 Å². The van der Waals surface area contributed by atoms with Gasteiger partial charge in [0, 0.05) is 17.3 Å². The third kappa shape index (κ3) is 3.22. The Morgan fingerprint density at radius 3 is 2.29 bits per heavy atom. The molecule has 1 N–H and O–H groups in total. The molecule has 28 heavy (non-hydrogen) atoms. The predicted molar refractivity (Wildman–Crippen MR) is 114 cm³/mol. The van der Waals surface area contributed by atoms with Crippen LogP contribution in [0.15, 0.2) is 60.7 Å². The summed E-state index contributed by atoms with van der Waals surface area (Å²) in [5, 5.41) is 3.64. The van der Waals surface area contributed by atoms with E-state index in [9.17, 15) is 0 Å². The van der Waals surface area contributed by atoms with Crippen LogP contribution in [0.5, 0.6) is 11.5 Å². The van der Waals surface area contributed by atoms with Crippen molar-refractivity contribution in [2.45, 2.75) is 26.7 Å². The number of anilines is 2. The lowest BCUT2D eigenvalue weighted by molar-refractivity contribution is 0.172. The van der Waals surface area contributed by atoms with Crippen molar-refractivity contribution in [3.63, 3.8) is 0 Å². The van der Waals surface area contributed by atoms with Gasteiger partial charge in [-0.05, 0) is 53.1 Å². The molecule has 0 bridgehead atoms. The van der Waals surface area contributed by atoms with E-state index in [4.69, 9.17) is 9.47 Å². The summed E-state index contributed by atoms with van der Waals surface area (Å²) in [6, 6.07) is 21.3. The summed E-state index contributed by atoms with van der Waals surface area (Å²) in [5.41, 5.74) is 7.70. The van der Waals surface area contributed by atoms with E-state index >= 15 is 0 Å². The molecular formula is C25H25NO2. The van der Waals surface area contributed by atoms with E-state index < -0.39 is 0 Å². The van der Waals surface area contributed by atoms with E-state index in [0.717, 1.165) is 46.8 Å². The summed E-state index contributed by atoms with van der Waals surface area (Å²) < 4.78 is 11.7. The maximum absolute atomic E-state index is 5.83. The van der Waals surface area contributed by atoms with Gasteiger partial charge in [-0.2, -0.15) is 0 Å². The first-order valence-corrected chi connectivity index (χ1v) is 9.95. The fraction of sp³-hybridized carbons (Fsp3) is 0.280. The number of ether oxygens (including phenoxy) is 2. The number of fused-ring (bicyclic) bond motifs is 2. The molecule has 1 aliphatic heterocycles. The average Bonchev–Trinajstić information content (AvgIpc) is 3.01. The summed E-state index contributed by atoms with van der Waals surface area (Å²) in [6.07, 6.45) is 2.28. The van der Waals surface area contributed by atoms with Crippen LogP contribution in [0.2, 0.25) is 0 Å². The van der Waals surface area contributed by atoms with Crippen LogP contribution in [0.4, 0.5) is 11.4 Å². The first-order valence-electron chi connectivity index (χ1n) is 9.95. The van der Waals surface area contributed by atoms with Crippen LogP contribution in [0, 0.1) is 5.41 Å². The number of hydrogen-bond donors (Lipinski definition) is 1. The van der Waals surface area contributed by atoms with E-state index in [1.165, 1.54) is 11.1 Å². The van der Waals surface area contributed by atoms with Crippen molar-refractivity contribution in [1.29, 1.82) is 0 Å². The molecule has 0 unspecified atom stereocenters. The largest absolute Gasteiger partial charge is 0.486 e. The molecule has 3 aromatic rings. The van der Waals surface area contributed by atoms with Crippen molar-refractivity contribution in [3.05, 3.63) is 71.8 Å². The maximum atomic E-state index is 5.83. The molecule has 3 heteroatoms. The summed E-state index contributed by atoms with van der Waals surface area (Å²) in [6.45, 7) is 5.86. The smallest absolute Gasteiger partial charge is 0.163 e. The molecule has 0 saturated carbocycles. The van der Waals surface area contributed by atoms with Gasteiger partial charge < -0.3 is 14.8 Å². The zero-order valence-electron chi connectivity index (χ0n) is 16.4. The Bertz CT molecular complexity index is 1020. The molecule has 0 fully saturated rings. The molecule has 1 aliphatic carbocycles. The van der Waals surface area contributed by atoms with Gasteiger partial charge in [-0.3, -0.25) is 0 Å². The minimum Gasteiger partial charge on any atom is -0.486 e. The lowest BCUT2D eigenvalue weighted by atomic mass is 9.90. The molecule has 0 radical (unpaired) electrons. The highest BCUT2D eigenvalue weighted by molar-refractivity contribution is 5.84. The Morgan fingerprint density at radius 2 is 1.50 bits per heavy atom. The summed E-state index contributed by atoms with van der Waals surface area (Å²) in [5.74, 6) is 1.61. The molecule has 3 nitrogen and oxygen atoms in total. The van der Waals surface area contributed by atoms with Crippen LogP contribution in [0.1, 0.15) is 25.0 Å². The van der Waals surface area contributed by atoms with Crippen LogP contribution in [0.25, 0.3) is 11.1 Å². The molecule has 5 rings (SSSR count). The Morgan fingerprint density at radius 1 is 0.786 bits per heavy atom. The molecule has 0 saturated heterocycles. The quantitative estimate of drug-likeness (QED) is 0.613. The topological polar surface area (TPSA) is 30.5 Å². The lowest BCUT2D eigenvalue weighted by Crippen LogP contribution is -2.15. The fourth-order valence-electron chi connectivity index (χ4n) is 4.34. The molecule has 1 heterocycles. The fourth-order valence-corrected chi connectivity index (χ4v) is 4.34. The number of benzene rings is 3. The van der Waals surface area contributed by atoms with Gasteiger partial charge in [-0.1, -0.05) is 50.2 Å². The summed E-state index contributed by atoms with van der Waals surface area (Å²) in [4.78, 5) is 0. The maximum Gasteiger partial charge on any atom is 0.163 e. The monoisotopic (exact) mass is 371 g/mol. The predicted octanol–water partition coefficient (Wildman–Crippen LogP) is 5.99. The Balaban J connectivity index is 1.55. The van der Waals surface area contributed by atoms with Gasteiger partial charge in [-0.15, -0.1) is 0 Å². The molecule has 142 valence electrons. The van der Waals surface area contributed by atoms with Crippen molar-refractivity contribution in [2.24, 2.45) is 5.41 Å². The highest BCUT2D eigenvalue weighted by atomic mass is 16.6. The Hall–Kier alpha value is -2.94. The molecule has 0 amide bonds. The number of hydrogen-bond acceptors (Lipinski definition) is 3. The van der Waals surface area contributed by atoms with Crippen molar-refractivity contribution in [3.8, 4) is 22.6 Å². The summed E-state index contributed by atoms with van der Waals surface area (Å²) in [7, 11) is 0. The lowest BCUT2D eigenvalue weighted by Gasteiger charge is -2.22. The summed E-state index contributed by atoms with van der Waals surface area (Å²) >= 11 is 0. The van der Waals surface area contributed by atoms with Crippen LogP contribution < -0.4 is 14.8 Å². The third-order valence-corrected chi connectivity index (χ3v) is 5.59. The molecular weight excluding hydrogens is 346 g/mol. The van der Waals surface area contributed by atoms with E-state index in [-0.39, 0.29) is 0 Å². The molecule has 0 atom stereocenters. The standard InChI is InChI=1S/C25H25NO2/c1-25(2)15-18-8-9-20(12-19(18)16-25)26-22-14-24-23(27-10-11-28-24)13-21(22)17-6-4-3-5-7-17/h3-9,12-14,26H,10-11,15-16H2,1-2H3. The minimum absolute atomic E-state index is 0.354. The van der Waals surface area contributed by atoms with Crippen LogP contribution in [-0.4, -0.2) is 13.2 Å². The van der Waals surface area contributed by atoms with Crippen LogP contribution in [0.3, 0.4) is 0 Å². The second kappa shape index (κ2) is 6.59. The van der Waals surface area contributed by atoms with Crippen molar-refractivity contribution < 1.29 is 9.47 Å².